The number of rotatable bonds is 3. The molecule has 0 fully saturated rings. The average molecular weight is 198 g/mol. The SMILES string of the molecule is O=C(O)C[C@@H](O)c1cc(O)ccc1O. The van der Waals surface area contributed by atoms with E-state index in [9.17, 15) is 15.0 Å². The van der Waals surface area contributed by atoms with Gasteiger partial charge in [0.15, 0.2) is 0 Å². The molecule has 4 N–H and O–H groups in total. The summed E-state index contributed by atoms with van der Waals surface area (Å²) in [5.74, 6) is -1.56. The summed E-state index contributed by atoms with van der Waals surface area (Å²) in [5, 5.41) is 36.1. The lowest BCUT2D eigenvalue weighted by atomic mass is 10.1. The van der Waals surface area contributed by atoms with E-state index < -0.39 is 18.5 Å². The first-order valence-corrected chi connectivity index (χ1v) is 3.92. The topological polar surface area (TPSA) is 98.0 Å². The van der Waals surface area contributed by atoms with E-state index in [0.29, 0.717) is 0 Å². The van der Waals surface area contributed by atoms with Gasteiger partial charge in [0.05, 0.1) is 12.5 Å². The summed E-state index contributed by atoms with van der Waals surface area (Å²) in [6.45, 7) is 0. The van der Waals surface area contributed by atoms with Gasteiger partial charge in [-0.1, -0.05) is 0 Å². The summed E-state index contributed by atoms with van der Waals surface area (Å²) in [5.41, 5.74) is 0.00685. The van der Waals surface area contributed by atoms with E-state index in [2.05, 4.69) is 0 Å². The quantitative estimate of drug-likeness (QED) is 0.533. The highest BCUT2D eigenvalue weighted by molar-refractivity contribution is 5.68. The fraction of sp³-hybridized carbons (Fsp3) is 0.222. The predicted octanol–water partition coefficient (Wildman–Crippen LogP) is 0.606. The molecule has 0 aliphatic heterocycles. The van der Waals surface area contributed by atoms with Crippen molar-refractivity contribution in [3.05, 3.63) is 23.8 Å². The number of benzene rings is 1. The lowest BCUT2D eigenvalue weighted by molar-refractivity contribution is -0.139. The minimum absolute atomic E-state index is 0.00685. The van der Waals surface area contributed by atoms with Gasteiger partial charge in [0.2, 0.25) is 0 Å². The Balaban J connectivity index is 2.93. The van der Waals surface area contributed by atoms with Crippen LogP contribution in [-0.4, -0.2) is 26.4 Å². The summed E-state index contributed by atoms with van der Waals surface area (Å²) in [4.78, 5) is 10.3. The Labute approximate surface area is 79.9 Å². The van der Waals surface area contributed by atoms with Gasteiger partial charge in [0.1, 0.15) is 11.5 Å². The number of carbonyl (C=O) groups is 1. The van der Waals surface area contributed by atoms with Crippen LogP contribution < -0.4 is 0 Å². The molecular weight excluding hydrogens is 188 g/mol. The Morgan fingerprint density at radius 1 is 1.36 bits per heavy atom. The smallest absolute Gasteiger partial charge is 0.306 e. The first-order valence-electron chi connectivity index (χ1n) is 3.92. The third kappa shape index (κ3) is 2.37. The van der Waals surface area contributed by atoms with E-state index in [0.717, 1.165) is 6.07 Å². The highest BCUT2D eigenvalue weighted by atomic mass is 16.4. The maximum absolute atomic E-state index is 10.3. The standard InChI is InChI=1S/C9H10O5/c10-5-1-2-7(11)6(3-5)8(12)4-9(13)14/h1-3,8,10-12H,4H2,(H,13,14)/t8-/m1/s1. The van der Waals surface area contributed by atoms with Crippen molar-refractivity contribution in [3.8, 4) is 11.5 Å². The molecule has 14 heavy (non-hydrogen) atoms. The van der Waals surface area contributed by atoms with Crippen molar-refractivity contribution in [1.82, 2.24) is 0 Å². The largest absolute Gasteiger partial charge is 0.508 e. The minimum Gasteiger partial charge on any atom is -0.508 e. The first-order chi connectivity index (χ1) is 6.50. The van der Waals surface area contributed by atoms with Gasteiger partial charge in [-0.25, -0.2) is 0 Å². The van der Waals surface area contributed by atoms with E-state index in [-0.39, 0.29) is 17.1 Å². The monoisotopic (exact) mass is 198 g/mol. The molecule has 0 unspecified atom stereocenters. The van der Waals surface area contributed by atoms with Gasteiger partial charge in [-0.2, -0.15) is 0 Å². The van der Waals surface area contributed by atoms with Crippen LogP contribution >= 0.6 is 0 Å². The van der Waals surface area contributed by atoms with Crippen LogP contribution in [0.1, 0.15) is 18.1 Å². The lowest BCUT2D eigenvalue weighted by Crippen LogP contribution is -2.05. The van der Waals surface area contributed by atoms with Crippen LogP contribution in [0.15, 0.2) is 18.2 Å². The van der Waals surface area contributed by atoms with Gasteiger partial charge in [0, 0.05) is 5.56 Å². The van der Waals surface area contributed by atoms with E-state index >= 15 is 0 Å². The van der Waals surface area contributed by atoms with E-state index in [1.165, 1.54) is 12.1 Å². The number of aliphatic hydroxyl groups excluding tert-OH is 1. The third-order valence-corrected chi connectivity index (χ3v) is 1.74. The number of phenols is 2. The Hall–Kier alpha value is -1.75. The van der Waals surface area contributed by atoms with Gasteiger partial charge in [-0.15, -0.1) is 0 Å². The fourth-order valence-electron chi connectivity index (χ4n) is 1.08. The van der Waals surface area contributed by atoms with Crippen LogP contribution in [0.5, 0.6) is 11.5 Å². The number of phenolic OH excluding ortho intramolecular Hbond substituents is 2. The molecule has 0 aliphatic rings. The van der Waals surface area contributed by atoms with Crippen LogP contribution in [0.2, 0.25) is 0 Å². The second-order valence-electron chi connectivity index (χ2n) is 2.86. The number of hydrogen-bond donors (Lipinski definition) is 4. The van der Waals surface area contributed by atoms with Gasteiger partial charge >= 0.3 is 5.97 Å². The van der Waals surface area contributed by atoms with Crippen LogP contribution in [0.25, 0.3) is 0 Å². The third-order valence-electron chi connectivity index (χ3n) is 1.74. The van der Waals surface area contributed by atoms with Crippen molar-refractivity contribution in [2.75, 3.05) is 0 Å². The minimum atomic E-state index is -1.32. The summed E-state index contributed by atoms with van der Waals surface area (Å²) in [6.07, 6.45) is -1.84. The molecule has 0 saturated heterocycles. The summed E-state index contributed by atoms with van der Waals surface area (Å²) < 4.78 is 0. The second kappa shape index (κ2) is 3.97. The van der Waals surface area contributed by atoms with Crippen molar-refractivity contribution < 1.29 is 25.2 Å². The molecule has 1 aromatic carbocycles. The molecule has 0 radical (unpaired) electrons. The molecule has 1 aromatic rings. The second-order valence-corrected chi connectivity index (χ2v) is 2.86. The first kappa shape index (κ1) is 10.3. The average Bonchev–Trinajstić information content (AvgIpc) is 2.08. The number of carboxylic acids is 1. The molecule has 0 spiro atoms. The number of aliphatic carboxylic acids is 1. The Morgan fingerprint density at radius 3 is 2.57 bits per heavy atom. The molecule has 0 saturated carbocycles. The Kier molecular flexibility index (Phi) is 2.93. The zero-order valence-corrected chi connectivity index (χ0v) is 7.21. The van der Waals surface area contributed by atoms with Gasteiger partial charge in [-0.05, 0) is 18.2 Å². The zero-order chi connectivity index (χ0) is 10.7. The molecule has 76 valence electrons. The summed E-state index contributed by atoms with van der Waals surface area (Å²) >= 11 is 0. The molecule has 1 rings (SSSR count). The van der Waals surface area contributed by atoms with Crippen molar-refractivity contribution >= 4 is 5.97 Å². The molecule has 0 aliphatic carbocycles. The molecule has 0 bridgehead atoms. The van der Waals surface area contributed by atoms with Crippen LogP contribution in [0, 0.1) is 0 Å². The maximum Gasteiger partial charge on any atom is 0.306 e. The molecular formula is C9H10O5. The molecule has 0 amide bonds. The van der Waals surface area contributed by atoms with Gasteiger partial charge in [0.25, 0.3) is 0 Å². The lowest BCUT2D eigenvalue weighted by Gasteiger charge is -2.10. The Morgan fingerprint density at radius 2 is 2.00 bits per heavy atom. The number of carboxylic acid groups (broad SMARTS) is 1. The number of hydrogen-bond acceptors (Lipinski definition) is 4. The summed E-state index contributed by atoms with van der Waals surface area (Å²) in [7, 11) is 0. The molecule has 0 aromatic heterocycles. The molecule has 1 atom stereocenters. The van der Waals surface area contributed by atoms with Crippen molar-refractivity contribution in [2.45, 2.75) is 12.5 Å². The van der Waals surface area contributed by atoms with Gasteiger partial charge in [-0.3, -0.25) is 4.79 Å². The maximum atomic E-state index is 10.3. The van der Waals surface area contributed by atoms with Gasteiger partial charge < -0.3 is 20.4 Å². The number of aromatic hydroxyl groups is 2. The fourth-order valence-corrected chi connectivity index (χ4v) is 1.08. The van der Waals surface area contributed by atoms with E-state index in [1.807, 2.05) is 0 Å². The van der Waals surface area contributed by atoms with Crippen LogP contribution in [0.4, 0.5) is 0 Å². The van der Waals surface area contributed by atoms with Crippen LogP contribution in [0.3, 0.4) is 0 Å². The normalized spacial score (nSPS) is 12.4. The van der Waals surface area contributed by atoms with Crippen molar-refractivity contribution in [1.29, 1.82) is 0 Å². The highest BCUT2D eigenvalue weighted by Crippen LogP contribution is 2.29. The van der Waals surface area contributed by atoms with Crippen molar-refractivity contribution in [3.63, 3.8) is 0 Å². The molecule has 0 heterocycles. The summed E-state index contributed by atoms with van der Waals surface area (Å²) in [6, 6.07) is 3.56. The zero-order valence-electron chi connectivity index (χ0n) is 7.21. The van der Waals surface area contributed by atoms with E-state index in [1.54, 1.807) is 0 Å². The van der Waals surface area contributed by atoms with Crippen LogP contribution in [-0.2, 0) is 4.79 Å². The predicted molar refractivity (Wildman–Crippen MR) is 47.0 cm³/mol. The molecule has 5 nitrogen and oxygen atoms in total. The number of aliphatic hydroxyl groups is 1. The van der Waals surface area contributed by atoms with Crippen molar-refractivity contribution in [2.24, 2.45) is 0 Å². The van der Waals surface area contributed by atoms with E-state index in [4.69, 9.17) is 10.2 Å². The molecule has 5 heteroatoms. The Bertz CT molecular complexity index is 347. The highest BCUT2D eigenvalue weighted by Gasteiger charge is 2.16.